The maximum Gasteiger partial charge on any atom is 0.338 e. The molecule has 0 saturated carbocycles. The number of esters is 1. The van der Waals surface area contributed by atoms with Crippen LogP contribution in [0.15, 0.2) is 42.7 Å². The number of pyridine rings is 1. The molecule has 4 nitrogen and oxygen atoms in total. The van der Waals surface area contributed by atoms with Crippen LogP contribution in [0.4, 0.5) is 10.1 Å². The average molecular weight is 246 g/mol. The first kappa shape index (κ1) is 12.0. The number of anilines is 1. The van der Waals surface area contributed by atoms with Crippen LogP contribution in [0, 0.1) is 5.82 Å². The zero-order chi connectivity index (χ0) is 13.0. The van der Waals surface area contributed by atoms with Gasteiger partial charge in [0.1, 0.15) is 12.4 Å². The Morgan fingerprint density at radius 3 is 2.89 bits per heavy atom. The quantitative estimate of drug-likeness (QED) is 0.665. The van der Waals surface area contributed by atoms with E-state index in [0.717, 1.165) is 11.6 Å². The van der Waals surface area contributed by atoms with Crippen molar-refractivity contribution in [3.63, 3.8) is 0 Å². The summed E-state index contributed by atoms with van der Waals surface area (Å²) in [5.41, 5.74) is 6.29. The van der Waals surface area contributed by atoms with Crippen molar-refractivity contribution in [2.24, 2.45) is 0 Å². The van der Waals surface area contributed by atoms with Gasteiger partial charge in [-0.25, -0.2) is 9.18 Å². The summed E-state index contributed by atoms with van der Waals surface area (Å²) in [6, 6.07) is 7.26. The van der Waals surface area contributed by atoms with Crippen LogP contribution < -0.4 is 5.73 Å². The van der Waals surface area contributed by atoms with Gasteiger partial charge in [0.15, 0.2) is 0 Å². The van der Waals surface area contributed by atoms with Crippen molar-refractivity contribution >= 4 is 11.7 Å². The SMILES string of the molecule is Nc1cc(C(=O)OCc2cccnc2)ccc1F. The molecule has 2 aromatic rings. The number of hydrogen-bond acceptors (Lipinski definition) is 4. The number of halogens is 1. The van der Waals surface area contributed by atoms with Gasteiger partial charge in [-0.05, 0) is 24.3 Å². The molecule has 0 aliphatic carbocycles. The molecule has 2 rings (SSSR count). The summed E-state index contributed by atoms with van der Waals surface area (Å²) in [6.07, 6.45) is 3.23. The summed E-state index contributed by atoms with van der Waals surface area (Å²) in [6.45, 7) is 0.115. The first-order chi connectivity index (χ1) is 8.66. The smallest absolute Gasteiger partial charge is 0.338 e. The van der Waals surface area contributed by atoms with E-state index in [4.69, 9.17) is 10.5 Å². The Balaban J connectivity index is 2.02. The molecule has 0 unspecified atom stereocenters. The van der Waals surface area contributed by atoms with Gasteiger partial charge in [-0.15, -0.1) is 0 Å². The Labute approximate surface area is 103 Å². The summed E-state index contributed by atoms with van der Waals surface area (Å²) in [5, 5.41) is 0. The molecule has 0 aliphatic heterocycles. The van der Waals surface area contributed by atoms with Crippen LogP contribution in [0.25, 0.3) is 0 Å². The third-order valence-electron chi connectivity index (χ3n) is 2.32. The van der Waals surface area contributed by atoms with E-state index < -0.39 is 11.8 Å². The molecule has 0 saturated heterocycles. The number of rotatable bonds is 3. The largest absolute Gasteiger partial charge is 0.457 e. The number of hydrogen-bond donors (Lipinski definition) is 1. The fourth-order valence-corrected chi connectivity index (χ4v) is 1.39. The fourth-order valence-electron chi connectivity index (χ4n) is 1.39. The predicted molar refractivity (Wildman–Crippen MR) is 64.2 cm³/mol. The lowest BCUT2D eigenvalue weighted by molar-refractivity contribution is 0.0472. The topological polar surface area (TPSA) is 65.2 Å². The van der Waals surface area contributed by atoms with Crippen LogP contribution in [0.5, 0.6) is 0 Å². The lowest BCUT2D eigenvalue weighted by Crippen LogP contribution is -2.06. The van der Waals surface area contributed by atoms with Crippen LogP contribution in [-0.2, 0) is 11.3 Å². The van der Waals surface area contributed by atoms with Crippen LogP contribution >= 0.6 is 0 Å². The highest BCUT2D eigenvalue weighted by Gasteiger charge is 2.09. The van der Waals surface area contributed by atoms with Gasteiger partial charge in [0.2, 0.25) is 0 Å². The first-order valence-corrected chi connectivity index (χ1v) is 5.28. The molecule has 0 amide bonds. The zero-order valence-electron chi connectivity index (χ0n) is 9.47. The molecular formula is C13H11FN2O2. The number of nitrogens with zero attached hydrogens (tertiary/aromatic N) is 1. The van der Waals surface area contributed by atoms with Crippen molar-refractivity contribution in [3.05, 3.63) is 59.7 Å². The van der Waals surface area contributed by atoms with Crippen LogP contribution in [0.3, 0.4) is 0 Å². The van der Waals surface area contributed by atoms with E-state index in [-0.39, 0.29) is 17.9 Å². The van der Waals surface area contributed by atoms with E-state index in [0.29, 0.717) is 0 Å². The third-order valence-corrected chi connectivity index (χ3v) is 2.32. The molecule has 18 heavy (non-hydrogen) atoms. The fraction of sp³-hybridized carbons (Fsp3) is 0.0769. The molecule has 0 bridgehead atoms. The minimum Gasteiger partial charge on any atom is -0.457 e. The van der Waals surface area contributed by atoms with Gasteiger partial charge >= 0.3 is 5.97 Å². The van der Waals surface area contributed by atoms with Gasteiger partial charge in [0, 0.05) is 18.0 Å². The highest BCUT2D eigenvalue weighted by atomic mass is 19.1. The van der Waals surface area contributed by atoms with Crippen molar-refractivity contribution in [1.29, 1.82) is 0 Å². The van der Waals surface area contributed by atoms with Crippen LogP contribution in [-0.4, -0.2) is 11.0 Å². The standard InChI is InChI=1S/C13H11FN2O2/c14-11-4-3-10(6-12(11)15)13(17)18-8-9-2-1-5-16-7-9/h1-7H,8,15H2. The summed E-state index contributed by atoms with van der Waals surface area (Å²) >= 11 is 0. The summed E-state index contributed by atoms with van der Waals surface area (Å²) in [5.74, 6) is -1.11. The average Bonchev–Trinajstić information content (AvgIpc) is 2.40. The van der Waals surface area contributed by atoms with Gasteiger partial charge in [-0.3, -0.25) is 4.98 Å². The Morgan fingerprint density at radius 2 is 2.22 bits per heavy atom. The minimum atomic E-state index is -0.557. The number of nitrogen functional groups attached to an aromatic ring is 1. The van der Waals surface area contributed by atoms with Crippen LogP contribution in [0.1, 0.15) is 15.9 Å². The molecular weight excluding hydrogens is 235 g/mol. The monoisotopic (exact) mass is 246 g/mol. The second kappa shape index (κ2) is 5.27. The molecule has 2 N–H and O–H groups in total. The Bertz CT molecular complexity index is 558. The van der Waals surface area contributed by atoms with E-state index in [1.54, 1.807) is 24.5 Å². The first-order valence-electron chi connectivity index (χ1n) is 5.28. The number of aromatic nitrogens is 1. The summed E-state index contributed by atoms with van der Waals surface area (Å²) in [7, 11) is 0. The molecule has 0 spiro atoms. The molecule has 1 heterocycles. The summed E-state index contributed by atoms with van der Waals surface area (Å²) < 4.78 is 18.0. The Hall–Kier alpha value is -2.43. The second-order valence-corrected chi connectivity index (χ2v) is 3.67. The van der Waals surface area contributed by atoms with Crippen molar-refractivity contribution in [2.45, 2.75) is 6.61 Å². The summed E-state index contributed by atoms with van der Waals surface area (Å²) in [4.78, 5) is 15.6. The predicted octanol–water partition coefficient (Wildman–Crippen LogP) is 2.16. The lowest BCUT2D eigenvalue weighted by atomic mass is 10.2. The Kier molecular flexibility index (Phi) is 3.52. The highest BCUT2D eigenvalue weighted by molar-refractivity contribution is 5.90. The molecule has 92 valence electrons. The molecule has 0 atom stereocenters. The normalized spacial score (nSPS) is 10.1. The van der Waals surface area contributed by atoms with Gasteiger partial charge < -0.3 is 10.5 Å². The zero-order valence-corrected chi connectivity index (χ0v) is 9.47. The number of nitrogens with two attached hydrogens (primary N) is 1. The Morgan fingerprint density at radius 1 is 1.39 bits per heavy atom. The van der Waals surface area contributed by atoms with Crippen molar-refractivity contribution < 1.29 is 13.9 Å². The van der Waals surface area contributed by atoms with Gasteiger partial charge in [0.25, 0.3) is 0 Å². The molecule has 1 aromatic heterocycles. The maximum atomic E-state index is 12.9. The number of ether oxygens (including phenoxy) is 1. The van der Waals surface area contributed by atoms with E-state index >= 15 is 0 Å². The molecule has 0 radical (unpaired) electrons. The molecule has 5 heteroatoms. The minimum absolute atomic E-state index is 0.0779. The number of carbonyl (C=O) groups excluding carboxylic acids is 1. The van der Waals surface area contributed by atoms with E-state index in [2.05, 4.69) is 4.98 Å². The highest BCUT2D eigenvalue weighted by Crippen LogP contribution is 2.13. The van der Waals surface area contributed by atoms with Crippen molar-refractivity contribution in [3.8, 4) is 0 Å². The van der Waals surface area contributed by atoms with Gasteiger partial charge in [-0.1, -0.05) is 6.07 Å². The van der Waals surface area contributed by atoms with Gasteiger partial charge in [0.05, 0.1) is 11.3 Å². The number of carbonyl (C=O) groups is 1. The lowest BCUT2D eigenvalue weighted by Gasteiger charge is -2.05. The maximum absolute atomic E-state index is 12.9. The van der Waals surface area contributed by atoms with E-state index in [1.807, 2.05) is 0 Å². The third kappa shape index (κ3) is 2.82. The van der Waals surface area contributed by atoms with E-state index in [9.17, 15) is 9.18 Å². The van der Waals surface area contributed by atoms with Crippen molar-refractivity contribution in [1.82, 2.24) is 4.98 Å². The number of benzene rings is 1. The molecule has 0 fully saturated rings. The van der Waals surface area contributed by atoms with Crippen LogP contribution in [0.2, 0.25) is 0 Å². The second-order valence-electron chi connectivity index (χ2n) is 3.67. The molecule has 0 aliphatic rings. The molecule has 1 aromatic carbocycles. The van der Waals surface area contributed by atoms with E-state index in [1.165, 1.54) is 12.1 Å². The van der Waals surface area contributed by atoms with Gasteiger partial charge in [-0.2, -0.15) is 0 Å². The van der Waals surface area contributed by atoms with Crippen molar-refractivity contribution in [2.75, 3.05) is 5.73 Å².